The minimum absolute atomic E-state index is 0.0360. The van der Waals surface area contributed by atoms with Gasteiger partial charge in [-0.05, 0) is 24.6 Å². The Kier molecular flexibility index (Phi) is 6.35. The van der Waals surface area contributed by atoms with E-state index >= 15 is 0 Å². The van der Waals surface area contributed by atoms with Crippen LogP contribution in [-0.4, -0.2) is 24.2 Å². The lowest BCUT2D eigenvalue weighted by molar-refractivity contribution is -0.139. The summed E-state index contributed by atoms with van der Waals surface area (Å²) in [5.74, 6) is -0.991. The van der Waals surface area contributed by atoms with Crippen LogP contribution in [0.5, 0.6) is 0 Å². The third-order valence-electron chi connectivity index (χ3n) is 2.19. The quantitative estimate of drug-likeness (QED) is 0.273. The number of alkyl halides is 1. The molecule has 102 valence electrons. The summed E-state index contributed by atoms with van der Waals surface area (Å²) in [6.45, 7) is 1.31. The van der Waals surface area contributed by atoms with Crippen molar-refractivity contribution in [2.45, 2.75) is 6.92 Å². The van der Waals surface area contributed by atoms with Gasteiger partial charge in [-0.25, -0.2) is 4.79 Å². The summed E-state index contributed by atoms with van der Waals surface area (Å²) in [7, 11) is 0. The first-order valence-corrected chi connectivity index (χ1v) is 6.66. The largest absolute Gasteiger partial charge is 0.461 e. The Bertz CT molecular complexity index is 524. The van der Waals surface area contributed by atoms with Crippen molar-refractivity contribution in [1.82, 2.24) is 0 Å². The maximum Gasteiger partial charge on any atom is 0.341 e. The van der Waals surface area contributed by atoms with Crippen LogP contribution < -0.4 is 0 Å². The van der Waals surface area contributed by atoms with Gasteiger partial charge in [0.1, 0.15) is 12.2 Å². The van der Waals surface area contributed by atoms with E-state index in [9.17, 15) is 9.59 Å². The van der Waals surface area contributed by atoms with Crippen LogP contribution in [0.2, 0.25) is 10.0 Å². The van der Waals surface area contributed by atoms with Crippen LogP contribution in [0.15, 0.2) is 23.8 Å². The second-order valence-corrected chi connectivity index (χ2v) is 4.75. The van der Waals surface area contributed by atoms with Gasteiger partial charge in [-0.3, -0.25) is 4.79 Å². The van der Waals surface area contributed by atoms with Gasteiger partial charge in [0, 0.05) is 0 Å². The molecule has 0 aliphatic heterocycles. The van der Waals surface area contributed by atoms with Gasteiger partial charge in [0.2, 0.25) is 0 Å². The average molecular weight is 322 g/mol. The highest BCUT2D eigenvalue weighted by molar-refractivity contribution is 6.43. The number of benzene rings is 1. The number of ketones is 1. The summed E-state index contributed by atoms with van der Waals surface area (Å²) in [6, 6.07) is 4.92. The highest BCUT2D eigenvalue weighted by Gasteiger charge is 2.17. The second kappa shape index (κ2) is 7.53. The smallest absolute Gasteiger partial charge is 0.341 e. The fraction of sp³-hybridized carbons (Fsp3) is 0.231. The fourth-order valence-electron chi connectivity index (χ4n) is 1.30. The number of carbonyl (C=O) groups excluding carboxylic acids is 2. The van der Waals surface area contributed by atoms with E-state index in [2.05, 4.69) is 0 Å². The molecule has 0 saturated carbocycles. The van der Waals surface area contributed by atoms with Crippen molar-refractivity contribution in [2.24, 2.45) is 0 Å². The summed E-state index contributed by atoms with van der Waals surface area (Å²) >= 11 is 17.3. The number of halogens is 3. The Morgan fingerprint density at radius 3 is 2.58 bits per heavy atom. The molecule has 0 aliphatic rings. The molecule has 0 unspecified atom stereocenters. The lowest BCUT2D eigenvalue weighted by atomic mass is 10.1. The van der Waals surface area contributed by atoms with E-state index in [1.165, 1.54) is 13.0 Å². The summed E-state index contributed by atoms with van der Waals surface area (Å²) in [5, 5.41) is 0.612. The van der Waals surface area contributed by atoms with Gasteiger partial charge in [-0.2, -0.15) is 0 Å². The van der Waals surface area contributed by atoms with Crippen LogP contribution in [0.3, 0.4) is 0 Å². The maximum absolute atomic E-state index is 11.7. The number of hydrogen-bond acceptors (Lipinski definition) is 3. The molecule has 0 spiro atoms. The van der Waals surface area contributed by atoms with Crippen LogP contribution in [0.1, 0.15) is 12.5 Å². The van der Waals surface area contributed by atoms with E-state index in [1.807, 2.05) is 0 Å². The number of ether oxygens (including phenoxy) is 1. The zero-order valence-corrected chi connectivity index (χ0v) is 12.4. The first-order valence-electron chi connectivity index (χ1n) is 5.37. The van der Waals surface area contributed by atoms with E-state index in [4.69, 9.17) is 39.5 Å². The maximum atomic E-state index is 11.7. The molecule has 1 aromatic rings. The molecule has 3 nitrogen and oxygen atoms in total. The molecule has 0 saturated heterocycles. The molecule has 0 atom stereocenters. The van der Waals surface area contributed by atoms with Gasteiger partial charge >= 0.3 is 5.97 Å². The molecule has 1 rings (SSSR count). The van der Waals surface area contributed by atoms with Crippen molar-refractivity contribution in [3.05, 3.63) is 39.4 Å². The molecule has 0 bridgehead atoms. The Morgan fingerprint density at radius 2 is 2.00 bits per heavy atom. The van der Waals surface area contributed by atoms with E-state index in [1.54, 1.807) is 18.2 Å². The van der Waals surface area contributed by atoms with Gasteiger partial charge in [0.25, 0.3) is 0 Å². The SMILES string of the molecule is CC(=O)/C(=C/c1cccc(Cl)c1Cl)C(=O)OCCCl. The van der Waals surface area contributed by atoms with Crippen LogP contribution in [0.4, 0.5) is 0 Å². The Labute approximate surface area is 126 Å². The molecule has 0 fully saturated rings. The third kappa shape index (κ3) is 4.53. The first kappa shape index (κ1) is 16.0. The van der Waals surface area contributed by atoms with Gasteiger partial charge in [-0.1, -0.05) is 35.3 Å². The lowest BCUT2D eigenvalue weighted by Gasteiger charge is -2.06. The van der Waals surface area contributed by atoms with Gasteiger partial charge < -0.3 is 4.74 Å². The molecule has 0 heterocycles. The summed E-state index contributed by atoms with van der Waals surface area (Å²) in [6.07, 6.45) is 1.35. The highest BCUT2D eigenvalue weighted by atomic mass is 35.5. The number of carbonyl (C=O) groups is 2. The molecule has 0 N–H and O–H groups in total. The fourth-order valence-corrected chi connectivity index (χ4v) is 1.74. The zero-order chi connectivity index (χ0) is 14.4. The normalized spacial score (nSPS) is 11.3. The molecular weight excluding hydrogens is 310 g/mol. The molecular formula is C13H11Cl3O3. The zero-order valence-electron chi connectivity index (χ0n) is 10.1. The monoisotopic (exact) mass is 320 g/mol. The number of rotatable bonds is 5. The van der Waals surface area contributed by atoms with E-state index in [0.717, 1.165) is 0 Å². The van der Waals surface area contributed by atoms with Crippen molar-refractivity contribution in [1.29, 1.82) is 0 Å². The van der Waals surface area contributed by atoms with Gasteiger partial charge in [0.05, 0.1) is 15.9 Å². The van der Waals surface area contributed by atoms with Crippen LogP contribution in [-0.2, 0) is 14.3 Å². The molecule has 19 heavy (non-hydrogen) atoms. The van der Waals surface area contributed by atoms with Crippen LogP contribution in [0, 0.1) is 0 Å². The Morgan fingerprint density at radius 1 is 1.32 bits per heavy atom. The molecule has 6 heteroatoms. The van der Waals surface area contributed by atoms with Crippen molar-refractivity contribution < 1.29 is 14.3 Å². The van der Waals surface area contributed by atoms with Gasteiger partial charge in [-0.15, -0.1) is 11.6 Å². The average Bonchev–Trinajstić information content (AvgIpc) is 2.37. The number of hydrogen-bond donors (Lipinski definition) is 0. The Hall–Kier alpha value is -1.03. The van der Waals surface area contributed by atoms with E-state index < -0.39 is 11.8 Å². The molecule has 0 radical (unpaired) electrons. The van der Waals surface area contributed by atoms with E-state index in [0.29, 0.717) is 10.6 Å². The molecule has 0 aliphatic carbocycles. The van der Waals surface area contributed by atoms with Crippen molar-refractivity contribution in [3.63, 3.8) is 0 Å². The topological polar surface area (TPSA) is 43.4 Å². The van der Waals surface area contributed by atoms with Crippen molar-refractivity contribution >= 4 is 52.6 Å². The predicted octanol–water partition coefficient (Wildman–Crippen LogP) is 3.75. The predicted molar refractivity (Wildman–Crippen MR) is 76.8 cm³/mol. The summed E-state index contributed by atoms with van der Waals surface area (Å²) in [4.78, 5) is 23.2. The summed E-state index contributed by atoms with van der Waals surface area (Å²) in [5.41, 5.74) is 0.372. The second-order valence-electron chi connectivity index (χ2n) is 3.58. The van der Waals surface area contributed by atoms with Crippen LogP contribution in [0.25, 0.3) is 6.08 Å². The minimum atomic E-state index is -0.732. The first-order chi connectivity index (χ1) is 8.97. The molecule has 1 aromatic carbocycles. The lowest BCUT2D eigenvalue weighted by Crippen LogP contribution is -2.14. The number of esters is 1. The standard InChI is InChI=1S/C13H11Cl3O3/c1-8(17)10(13(18)19-6-5-14)7-9-3-2-4-11(15)12(9)16/h2-4,7H,5-6H2,1H3/b10-7-. The Balaban J connectivity index is 3.11. The third-order valence-corrected chi connectivity index (χ3v) is 3.18. The van der Waals surface area contributed by atoms with Gasteiger partial charge in [0.15, 0.2) is 5.78 Å². The van der Waals surface area contributed by atoms with Crippen molar-refractivity contribution in [3.8, 4) is 0 Å². The number of Topliss-reactive ketones (excluding diaryl/α,β-unsaturated/α-hetero) is 1. The van der Waals surface area contributed by atoms with Crippen LogP contribution >= 0.6 is 34.8 Å². The highest BCUT2D eigenvalue weighted by Crippen LogP contribution is 2.27. The van der Waals surface area contributed by atoms with Crippen molar-refractivity contribution in [2.75, 3.05) is 12.5 Å². The minimum Gasteiger partial charge on any atom is -0.461 e. The summed E-state index contributed by atoms with van der Waals surface area (Å²) < 4.78 is 4.82. The molecule has 0 amide bonds. The van der Waals surface area contributed by atoms with E-state index in [-0.39, 0.29) is 23.1 Å². The molecule has 0 aromatic heterocycles.